The summed E-state index contributed by atoms with van der Waals surface area (Å²) in [7, 11) is 0. The molecule has 0 saturated carbocycles. The number of alkyl halides is 3. The molecule has 1 aromatic rings. The summed E-state index contributed by atoms with van der Waals surface area (Å²) in [4.78, 5) is 0. The topological polar surface area (TPSA) is 23.8 Å². The molecule has 0 fully saturated rings. The van der Waals surface area contributed by atoms with Gasteiger partial charge < -0.3 is 0 Å². The van der Waals surface area contributed by atoms with Gasteiger partial charge in [-0.05, 0) is 23.8 Å². The molecule has 0 heterocycles. The SMILES string of the molecule is N#C/C=C\c1ccc(F)c(C(F)(F)F)c1. The standard InChI is InChI=1S/C10H5F4N/c11-9-4-3-7(2-1-5-15)6-8(9)10(12,13)14/h1-4,6H/b2-1-. The van der Waals surface area contributed by atoms with Crippen molar-refractivity contribution in [3.63, 3.8) is 0 Å². The molecule has 0 unspecified atom stereocenters. The van der Waals surface area contributed by atoms with Crippen molar-refractivity contribution < 1.29 is 17.6 Å². The smallest absolute Gasteiger partial charge is 0.206 e. The monoisotopic (exact) mass is 215 g/mol. The van der Waals surface area contributed by atoms with Crippen LogP contribution >= 0.6 is 0 Å². The first-order valence-corrected chi connectivity index (χ1v) is 3.88. The average molecular weight is 215 g/mol. The fraction of sp³-hybridized carbons (Fsp3) is 0.100. The van der Waals surface area contributed by atoms with Gasteiger partial charge in [-0.3, -0.25) is 0 Å². The molecule has 78 valence electrons. The van der Waals surface area contributed by atoms with Crippen molar-refractivity contribution >= 4 is 6.08 Å². The lowest BCUT2D eigenvalue weighted by Crippen LogP contribution is -2.08. The second kappa shape index (κ2) is 4.13. The van der Waals surface area contributed by atoms with Crippen molar-refractivity contribution in [1.82, 2.24) is 0 Å². The van der Waals surface area contributed by atoms with Crippen LogP contribution in [0, 0.1) is 17.1 Å². The molecule has 1 aromatic carbocycles. The van der Waals surface area contributed by atoms with Crippen molar-refractivity contribution in [3.05, 3.63) is 41.2 Å². The summed E-state index contributed by atoms with van der Waals surface area (Å²) in [5.41, 5.74) is -1.20. The lowest BCUT2D eigenvalue weighted by Gasteiger charge is -2.08. The van der Waals surface area contributed by atoms with Gasteiger partial charge in [0.25, 0.3) is 0 Å². The van der Waals surface area contributed by atoms with Gasteiger partial charge in [0.2, 0.25) is 0 Å². The maximum atomic E-state index is 12.8. The zero-order valence-electron chi connectivity index (χ0n) is 7.35. The molecule has 0 aliphatic heterocycles. The Labute approximate surface area is 83.3 Å². The van der Waals surface area contributed by atoms with Crippen LogP contribution in [0.2, 0.25) is 0 Å². The average Bonchev–Trinajstić information content (AvgIpc) is 2.15. The largest absolute Gasteiger partial charge is 0.419 e. The van der Waals surface area contributed by atoms with Gasteiger partial charge in [0.05, 0.1) is 11.6 Å². The number of halogens is 4. The van der Waals surface area contributed by atoms with E-state index in [2.05, 4.69) is 0 Å². The van der Waals surface area contributed by atoms with Crippen LogP contribution < -0.4 is 0 Å². The van der Waals surface area contributed by atoms with Gasteiger partial charge >= 0.3 is 6.18 Å². The Balaban J connectivity index is 3.18. The molecule has 0 amide bonds. The Hall–Kier alpha value is -1.83. The minimum atomic E-state index is -4.72. The first-order chi connectivity index (χ1) is 6.95. The number of nitrogens with zero attached hydrogens (tertiary/aromatic N) is 1. The van der Waals surface area contributed by atoms with Crippen LogP contribution in [-0.2, 0) is 6.18 Å². The van der Waals surface area contributed by atoms with Crippen LogP contribution in [0.4, 0.5) is 17.6 Å². The van der Waals surface area contributed by atoms with Crippen LogP contribution in [-0.4, -0.2) is 0 Å². The van der Waals surface area contributed by atoms with Gasteiger partial charge in [0, 0.05) is 6.08 Å². The predicted octanol–water partition coefficient (Wildman–Crippen LogP) is 3.38. The van der Waals surface area contributed by atoms with Crippen LogP contribution in [0.5, 0.6) is 0 Å². The van der Waals surface area contributed by atoms with Crippen LogP contribution in [0.3, 0.4) is 0 Å². The number of hydrogen-bond donors (Lipinski definition) is 0. The third kappa shape index (κ3) is 2.81. The Morgan fingerprint density at radius 2 is 1.93 bits per heavy atom. The Morgan fingerprint density at radius 3 is 2.47 bits per heavy atom. The maximum Gasteiger partial charge on any atom is 0.419 e. The van der Waals surface area contributed by atoms with E-state index in [1.807, 2.05) is 0 Å². The number of benzene rings is 1. The summed E-state index contributed by atoms with van der Waals surface area (Å²) in [5.74, 6) is -1.32. The fourth-order valence-corrected chi connectivity index (χ4v) is 0.997. The van der Waals surface area contributed by atoms with E-state index in [1.54, 1.807) is 6.07 Å². The second-order valence-electron chi connectivity index (χ2n) is 2.70. The van der Waals surface area contributed by atoms with Gasteiger partial charge in [-0.15, -0.1) is 0 Å². The normalized spacial score (nSPS) is 11.7. The summed E-state index contributed by atoms with van der Waals surface area (Å²) in [6, 6.07) is 4.18. The van der Waals surface area contributed by atoms with Gasteiger partial charge in [-0.2, -0.15) is 18.4 Å². The van der Waals surface area contributed by atoms with E-state index in [0.717, 1.165) is 12.1 Å². The zero-order chi connectivity index (χ0) is 11.5. The molecule has 0 aliphatic carbocycles. The molecule has 1 rings (SSSR count). The molecule has 0 saturated heterocycles. The Kier molecular flexibility index (Phi) is 3.10. The maximum absolute atomic E-state index is 12.8. The molecule has 5 heteroatoms. The van der Waals surface area contributed by atoms with E-state index in [9.17, 15) is 17.6 Å². The highest BCUT2D eigenvalue weighted by Gasteiger charge is 2.33. The zero-order valence-corrected chi connectivity index (χ0v) is 7.35. The molecule has 15 heavy (non-hydrogen) atoms. The highest BCUT2D eigenvalue weighted by Crippen LogP contribution is 2.32. The molecule has 0 bridgehead atoms. The Bertz CT molecular complexity index is 426. The third-order valence-electron chi connectivity index (χ3n) is 1.65. The highest BCUT2D eigenvalue weighted by atomic mass is 19.4. The number of nitriles is 1. The number of rotatable bonds is 1. The van der Waals surface area contributed by atoms with Crippen molar-refractivity contribution in [2.45, 2.75) is 6.18 Å². The first kappa shape index (κ1) is 11.2. The van der Waals surface area contributed by atoms with Gasteiger partial charge in [0.1, 0.15) is 5.82 Å². The van der Waals surface area contributed by atoms with E-state index in [1.165, 1.54) is 12.1 Å². The summed E-state index contributed by atoms with van der Waals surface area (Å²) in [5, 5.41) is 8.18. The molecule has 0 radical (unpaired) electrons. The summed E-state index contributed by atoms with van der Waals surface area (Å²) in [6.45, 7) is 0. The minimum Gasteiger partial charge on any atom is -0.206 e. The predicted molar refractivity (Wildman–Crippen MR) is 46.0 cm³/mol. The molecule has 1 nitrogen and oxygen atoms in total. The molecule has 0 aliphatic rings. The van der Waals surface area contributed by atoms with Crippen molar-refractivity contribution in [2.75, 3.05) is 0 Å². The first-order valence-electron chi connectivity index (χ1n) is 3.88. The molecule has 0 N–H and O–H groups in total. The second-order valence-corrected chi connectivity index (χ2v) is 2.70. The van der Waals surface area contributed by atoms with Gasteiger partial charge in [0.15, 0.2) is 0 Å². The highest BCUT2D eigenvalue weighted by molar-refractivity contribution is 5.53. The van der Waals surface area contributed by atoms with Crippen LogP contribution in [0.1, 0.15) is 11.1 Å². The van der Waals surface area contributed by atoms with E-state index in [0.29, 0.717) is 6.07 Å². The van der Waals surface area contributed by atoms with Gasteiger partial charge in [-0.25, -0.2) is 4.39 Å². The quantitative estimate of drug-likeness (QED) is 0.520. The van der Waals surface area contributed by atoms with E-state index < -0.39 is 17.6 Å². The Morgan fingerprint density at radius 1 is 1.27 bits per heavy atom. The fourth-order valence-electron chi connectivity index (χ4n) is 0.997. The summed E-state index contributed by atoms with van der Waals surface area (Å²) >= 11 is 0. The molecule has 0 atom stereocenters. The van der Waals surface area contributed by atoms with Crippen molar-refractivity contribution in [2.24, 2.45) is 0 Å². The van der Waals surface area contributed by atoms with E-state index in [4.69, 9.17) is 5.26 Å². The molecular weight excluding hydrogens is 210 g/mol. The van der Waals surface area contributed by atoms with E-state index >= 15 is 0 Å². The third-order valence-corrected chi connectivity index (χ3v) is 1.65. The van der Waals surface area contributed by atoms with E-state index in [-0.39, 0.29) is 5.56 Å². The lowest BCUT2D eigenvalue weighted by molar-refractivity contribution is -0.140. The van der Waals surface area contributed by atoms with Gasteiger partial charge in [-0.1, -0.05) is 6.07 Å². The minimum absolute atomic E-state index is 0.130. The van der Waals surface area contributed by atoms with Crippen molar-refractivity contribution in [3.8, 4) is 6.07 Å². The lowest BCUT2D eigenvalue weighted by atomic mass is 10.1. The number of hydrogen-bond acceptors (Lipinski definition) is 1. The molecule has 0 aromatic heterocycles. The molecule has 0 spiro atoms. The summed E-state index contributed by atoms with van der Waals surface area (Å²) < 4.78 is 49.4. The molecular formula is C10H5F4N. The van der Waals surface area contributed by atoms with Crippen LogP contribution in [0.25, 0.3) is 6.08 Å². The summed E-state index contributed by atoms with van der Waals surface area (Å²) in [6.07, 6.45) is -2.53. The number of allylic oxidation sites excluding steroid dienone is 1. The van der Waals surface area contributed by atoms with Crippen molar-refractivity contribution in [1.29, 1.82) is 5.26 Å². The van der Waals surface area contributed by atoms with Crippen LogP contribution in [0.15, 0.2) is 24.3 Å².